The van der Waals surface area contributed by atoms with Crippen LogP contribution in [0.1, 0.15) is 22.8 Å². The molecule has 0 aromatic heterocycles. The largest absolute Gasteiger partial charge is 0.489 e. The Kier molecular flexibility index (Phi) is 6.77. The predicted molar refractivity (Wildman–Crippen MR) is 95.3 cm³/mol. The van der Waals surface area contributed by atoms with Gasteiger partial charge in [0.25, 0.3) is 5.91 Å². The average molecular weight is 339 g/mol. The molecule has 0 spiro atoms. The summed E-state index contributed by atoms with van der Waals surface area (Å²) in [6.45, 7) is 5.77. The number of para-hydroxylation sites is 1. The van der Waals surface area contributed by atoms with E-state index in [2.05, 4.69) is 11.9 Å². The van der Waals surface area contributed by atoms with Crippen molar-refractivity contribution in [2.24, 2.45) is 0 Å². The van der Waals surface area contributed by atoms with Gasteiger partial charge in [0.05, 0.1) is 5.56 Å². The molecule has 0 saturated heterocycles. The van der Waals surface area contributed by atoms with Gasteiger partial charge in [-0.05, 0) is 36.8 Å². The molecule has 1 unspecified atom stereocenters. The number of rotatable bonds is 8. The summed E-state index contributed by atoms with van der Waals surface area (Å²) in [6, 6.07) is 16.4. The SMILES string of the molecule is C=CCNC(=O)C(C)OC(=O)c1ccc(COc2ccccc2)cc1. The van der Waals surface area contributed by atoms with Crippen molar-refractivity contribution in [3.8, 4) is 5.75 Å². The summed E-state index contributed by atoms with van der Waals surface area (Å²) in [4.78, 5) is 23.8. The maximum absolute atomic E-state index is 12.1. The van der Waals surface area contributed by atoms with Crippen LogP contribution in [0.4, 0.5) is 0 Å². The van der Waals surface area contributed by atoms with Gasteiger partial charge in [-0.25, -0.2) is 4.79 Å². The van der Waals surface area contributed by atoms with Crippen LogP contribution in [-0.4, -0.2) is 24.5 Å². The molecule has 1 amide bonds. The first kappa shape index (κ1) is 18.3. The summed E-state index contributed by atoms with van der Waals surface area (Å²) in [7, 11) is 0. The van der Waals surface area contributed by atoms with Gasteiger partial charge in [-0.2, -0.15) is 0 Å². The lowest BCUT2D eigenvalue weighted by Crippen LogP contribution is -2.35. The Bertz CT molecular complexity index is 710. The van der Waals surface area contributed by atoms with E-state index in [1.807, 2.05) is 30.3 Å². The second-order valence-corrected chi connectivity index (χ2v) is 5.38. The van der Waals surface area contributed by atoms with Crippen molar-refractivity contribution in [2.45, 2.75) is 19.6 Å². The lowest BCUT2D eigenvalue weighted by Gasteiger charge is -2.13. The number of hydrogen-bond donors (Lipinski definition) is 1. The Morgan fingerprint density at radius 1 is 1.12 bits per heavy atom. The molecule has 5 nitrogen and oxygen atoms in total. The molecule has 5 heteroatoms. The molecule has 2 aromatic carbocycles. The molecule has 2 rings (SSSR count). The van der Waals surface area contributed by atoms with Crippen molar-refractivity contribution in [3.05, 3.63) is 78.4 Å². The minimum atomic E-state index is -0.867. The van der Waals surface area contributed by atoms with Crippen LogP contribution >= 0.6 is 0 Å². The van der Waals surface area contributed by atoms with Crippen molar-refractivity contribution in [1.82, 2.24) is 5.32 Å². The first-order valence-corrected chi connectivity index (χ1v) is 7.96. The standard InChI is InChI=1S/C20H21NO4/c1-3-13-21-19(22)15(2)25-20(23)17-11-9-16(10-12-17)14-24-18-7-5-4-6-8-18/h3-12,15H,1,13-14H2,2H3,(H,21,22). The second-order valence-electron chi connectivity index (χ2n) is 5.38. The fourth-order valence-electron chi connectivity index (χ4n) is 2.02. The summed E-state index contributed by atoms with van der Waals surface area (Å²) in [6.07, 6.45) is 0.691. The number of nitrogens with one attached hydrogen (secondary N) is 1. The number of hydrogen-bond acceptors (Lipinski definition) is 4. The van der Waals surface area contributed by atoms with Gasteiger partial charge in [0.2, 0.25) is 0 Å². The molecule has 0 saturated carbocycles. The molecule has 0 radical (unpaired) electrons. The van der Waals surface area contributed by atoms with Crippen molar-refractivity contribution >= 4 is 11.9 Å². The number of carbonyl (C=O) groups is 2. The summed E-state index contributed by atoms with van der Waals surface area (Å²) < 4.78 is 10.8. The Balaban J connectivity index is 1.87. The zero-order chi connectivity index (χ0) is 18.1. The van der Waals surface area contributed by atoms with Crippen LogP contribution < -0.4 is 10.1 Å². The monoisotopic (exact) mass is 339 g/mol. The normalized spacial score (nSPS) is 11.2. The van der Waals surface area contributed by atoms with Crippen LogP contribution in [0.2, 0.25) is 0 Å². The number of ether oxygens (including phenoxy) is 2. The van der Waals surface area contributed by atoms with Gasteiger partial charge in [-0.3, -0.25) is 4.79 Å². The van der Waals surface area contributed by atoms with E-state index in [9.17, 15) is 9.59 Å². The molecule has 0 aliphatic rings. The topological polar surface area (TPSA) is 64.6 Å². The van der Waals surface area contributed by atoms with Gasteiger partial charge in [0.1, 0.15) is 12.4 Å². The molecule has 0 fully saturated rings. The van der Waals surface area contributed by atoms with E-state index in [-0.39, 0.29) is 5.91 Å². The molecule has 2 aromatic rings. The molecule has 25 heavy (non-hydrogen) atoms. The predicted octanol–water partition coefficient (Wildman–Crippen LogP) is 3.11. The van der Waals surface area contributed by atoms with Crippen LogP contribution in [0.25, 0.3) is 0 Å². The third-order valence-electron chi connectivity index (χ3n) is 3.41. The molecule has 0 aliphatic heterocycles. The van der Waals surface area contributed by atoms with Crippen LogP contribution in [0, 0.1) is 0 Å². The Morgan fingerprint density at radius 3 is 2.44 bits per heavy atom. The van der Waals surface area contributed by atoms with Crippen molar-refractivity contribution < 1.29 is 19.1 Å². The van der Waals surface area contributed by atoms with Crippen LogP contribution in [0.5, 0.6) is 5.75 Å². The lowest BCUT2D eigenvalue weighted by atomic mass is 10.1. The third-order valence-corrected chi connectivity index (χ3v) is 3.41. The highest BCUT2D eigenvalue weighted by Crippen LogP contribution is 2.13. The van der Waals surface area contributed by atoms with Gasteiger partial charge in [-0.1, -0.05) is 36.4 Å². The van der Waals surface area contributed by atoms with E-state index < -0.39 is 12.1 Å². The number of amides is 1. The highest BCUT2D eigenvalue weighted by Gasteiger charge is 2.18. The van der Waals surface area contributed by atoms with E-state index in [1.165, 1.54) is 6.92 Å². The number of benzene rings is 2. The Morgan fingerprint density at radius 2 is 1.80 bits per heavy atom. The Hall–Kier alpha value is -3.08. The number of carbonyl (C=O) groups excluding carboxylic acids is 2. The van der Waals surface area contributed by atoms with E-state index >= 15 is 0 Å². The van der Waals surface area contributed by atoms with Crippen LogP contribution in [0.15, 0.2) is 67.3 Å². The lowest BCUT2D eigenvalue weighted by molar-refractivity contribution is -0.128. The van der Waals surface area contributed by atoms with Crippen LogP contribution in [0.3, 0.4) is 0 Å². The summed E-state index contributed by atoms with van der Waals surface area (Å²) in [5.74, 6) is -0.122. The third kappa shape index (κ3) is 5.80. The maximum Gasteiger partial charge on any atom is 0.338 e. The van der Waals surface area contributed by atoms with E-state index in [0.29, 0.717) is 18.7 Å². The molecular formula is C20H21NO4. The van der Waals surface area contributed by atoms with Crippen molar-refractivity contribution in [1.29, 1.82) is 0 Å². The summed E-state index contributed by atoms with van der Waals surface area (Å²) in [5.41, 5.74) is 1.31. The minimum absolute atomic E-state index is 0.330. The van der Waals surface area contributed by atoms with Crippen LogP contribution in [-0.2, 0) is 16.1 Å². The quantitative estimate of drug-likeness (QED) is 0.593. The van der Waals surface area contributed by atoms with Gasteiger partial charge < -0.3 is 14.8 Å². The number of esters is 1. The fourth-order valence-corrected chi connectivity index (χ4v) is 2.02. The first-order chi connectivity index (χ1) is 12.1. The average Bonchev–Trinajstić information content (AvgIpc) is 2.65. The molecule has 0 heterocycles. The van der Waals surface area contributed by atoms with Gasteiger partial charge in [0.15, 0.2) is 6.10 Å². The first-order valence-electron chi connectivity index (χ1n) is 7.96. The smallest absolute Gasteiger partial charge is 0.338 e. The van der Waals surface area contributed by atoms with E-state index in [1.54, 1.807) is 30.3 Å². The zero-order valence-corrected chi connectivity index (χ0v) is 14.1. The fraction of sp³-hybridized carbons (Fsp3) is 0.200. The van der Waals surface area contributed by atoms with E-state index in [0.717, 1.165) is 11.3 Å². The van der Waals surface area contributed by atoms with E-state index in [4.69, 9.17) is 9.47 Å². The highest BCUT2D eigenvalue weighted by atomic mass is 16.5. The van der Waals surface area contributed by atoms with Crippen molar-refractivity contribution in [2.75, 3.05) is 6.54 Å². The molecule has 1 atom stereocenters. The minimum Gasteiger partial charge on any atom is -0.489 e. The summed E-state index contributed by atoms with van der Waals surface area (Å²) >= 11 is 0. The molecular weight excluding hydrogens is 318 g/mol. The maximum atomic E-state index is 12.1. The molecule has 0 bridgehead atoms. The van der Waals surface area contributed by atoms with Gasteiger partial charge in [0, 0.05) is 6.54 Å². The Labute approximate surface area is 147 Å². The highest BCUT2D eigenvalue weighted by molar-refractivity contribution is 5.92. The van der Waals surface area contributed by atoms with Crippen molar-refractivity contribution in [3.63, 3.8) is 0 Å². The van der Waals surface area contributed by atoms with Gasteiger partial charge in [-0.15, -0.1) is 6.58 Å². The molecule has 0 aliphatic carbocycles. The molecule has 1 N–H and O–H groups in total. The van der Waals surface area contributed by atoms with Gasteiger partial charge >= 0.3 is 5.97 Å². The second kappa shape index (κ2) is 9.27. The molecule has 130 valence electrons. The zero-order valence-electron chi connectivity index (χ0n) is 14.1. The summed E-state index contributed by atoms with van der Waals surface area (Å²) in [5, 5.41) is 2.58.